The lowest BCUT2D eigenvalue weighted by molar-refractivity contribution is -0.121. The molecule has 4 rings (SSSR count). The van der Waals surface area contributed by atoms with Crippen molar-refractivity contribution in [3.8, 4) is 0 Å². The predicted octanol–water partition coefficient (Wildman–Crippen LogP) is 2.05. The molecule has 7 heteroatoms. The molecule has 2 heterocycles. The molecule has 0 aliphatic heterocycles. The van der Waals surface area contributed by atoms with E-state index < -0.39 is 0 Å². The maximum Gasteiger partial charge on any atom is 0.228 e. The number of para-hydroxylation sites is 2. The average Bonchev–Trinajstić information content (AvgIpc) is 3.20. The van der Waals surface area contributed by atoms with E-state index in [1.54, 1.807) is 6.33 Å². The van der Waals surface area contributed by atoms with Crippen LogP contribution in [0.1, 0.15) is 36.9 Å². The van der Waals surface area contributed by atoms with E-state index in [2.05, 4.69) is 20.4 Å². The number of amides is 1. The minimum Gasteiger partial charge on any atom is -0.356 e. The molecule has 0 saturated heterocycles. The van der Waals surface area contributed by atoms with E-state index in [0.717, 1.165) is 29.7 Å². The van der Waals surface area contributed by atoms with Crippen LogP contribution in [0.25, 0.3) is 11.0 Å². The Hall–Kier alpha value is -2.70. The van der Waals surface area contributed by atoms with E-state index in [1.807, 2.05) is 28.8 Å². The summed E-state index contributed by atoms with van der Waals surface area (Å²) in [5, 5.41) is 6.86. The molecule has 1 amide bonds. The van der Waals surface area contributed by atoms with Crippen LogP contribution in [0.15, 0.2) is 35.1 Å². The zero-order valence-electron chi connectivity index (χ0n) is 13.3. The van der Waals surface area contributed by atoms with Gasteiger partial charge in [0.15, 0.2) is 5.82 Å². The molecule has 0 atom stereocenters. The first kappa shape index (κ1) is 14.9. The Balaban J connectivity index is 1.23. The predicted molar refractivity (Wildman–Crippen MR) is 87.3 cm³/mol. The maximum atomic E-state index is 12.0. The van der Waals surface area contributed by atoms with Gasteiger partial charge in [-0.2, -0.15) is 4.98 Å². The zero-order valence-corrected chi connectivity index (χ0v) is 13.3. The summed E-state index contributed by atoms with van der Waals surface area (Å²) in [5.41, 5.74) is 1.99. The smallest absolute Gasteiger partial charge is 0.228 e. The number of nitrogens with zero attached hydrogens (tertiary/aromatic N) is 4. The number of fused-ring (bicyclic) bond motifs is 1. The summed E-state index contributed by atoms with van der Waals surface area (Å²) >= 11 is 0. The van der Waals surface area contributed by atoms with Crippen molar-refractivity contribution in [2.45, 2.75) is 38.1 Å². The first-order valence-corrected chi connectivity index (χ1v) is 8.28. The largest absolute Gasteiger partial charge is 0.356 e. The number of hydrogen-bond donors (Lipinski definition) is 1. The highest BCUT2D eigenvalue weighted by atomic mass is 16.5. The minimum absolute atomic E-state index is 0.00899. The monoisotopic (exact) mass is 325 g/mol. The van der Waals surface area contributed by atoms with Gasteiger partial charge in [-0.1, -0.05) is 17.3 Å². The van der Waals surface area contributed by atoms with Crippen LogP contribution in [0, 0.1) is 0 Å². The number of rotatable bonds is 7. The van der Waals surface area contributed by atoms with E-state index in [4.69, 9.17) is 4.52 Å². The van der Waals surface area contributed by atoms with E-state index >= 15 is 0 Å². The molecular weight excluding hydrogens is 306 g/mol. The van der Waals surface area contributed by atoms with Crippen molar-refractivity contribution in [3.63, 3.8) is 0 Å². The van der Waals surface area contributed by atoms with E-state index in [1.165, 1.54) is 0 Å². The molecular formula is C17H19N5O2. The number of aryl methyl sites for hydroxylation is 1. The quantitative estimate of drug-likeness (QED) is 0.718. The highest BCUT2D eigenvalue weighted by molar-refractivity contribution is 5.77. The van der Waals surface area contributed by atoms with Crippen molar-refractivity contribution in [2.24, 2.45) is 0 Å². The standard InChI is InChI=1S/C17H19N5O2/c23-15(8-10-22-11-19-13-3-1-2-4-14(13)22)18-9-7-16-20-17(21-24-16)12-5-6-12/h1-4,11-12H,5-10H2,(H,18,23). The normalized spacial score (nSPS) is 14.2. The fraction of sp³-hybridized carbons (Fsp3) is 0.412. The van der Waals surface area contributed by atoms with E-state index in [9.17, 15) is 4.79 Å². The summed E-state index contributed by atoms with van der Waals surface area (Å²) in [4.78, 5) is 20.6. The van der Waals surface area contributed by atoms with Crippen LogP contribution in [-0.4, -0.2) is 32.1 Å². The molecule has 0 radical (unpaired) electrons. The van der Waals surface area contributed by atoms with Crippen LogP contribution in [0.4, 0.5) is 0 Å². The van der Waals surface area contributed by atoms with Gasteiger partial charge in [0.2, 0.25) is 11.8 Å². The Morgan fingerprint density at radius 3 is 3.08 bits per heavy atom. The molecule has 124 valence electrons. The Morgan fingerprint density at radius 1 is 1.33 bits per heavy atom. The molecule has 1 aromatic carbocycles. The Kier molecular flexibility index (Phi) is 3.98. The molecule has 1 fully saturated rings. The molecule has 0 spiro atoms. The molecule has 24 heavy (non-hydrogen) atoms. The second-order valence-corrected chi connectivity index (χ2v) is 6.10. The van der Waals surface area contributed by atoms with Crippen LogP contribution in [-0.2, 0) is 17.8 Å². The number of carbonyl (C=O) groups is 1. The summed E-state index contributed by atoms with van der Waals surface area (Å²) in [6.45, 7) is 1.12. The van der Waals surface area contributed by atoms with Gasteiger partial charge in [-0.3, -0.25) is 4.79 Å². The molecule has 7 nitrogen and oxygen atoms in total. The lowest BCUT2D eigenvalue weighted by Crippen LogP contribution is -2.26. The molecule has 3 aromatic rings. The average molecular weight is 325 g/mol. The highest BCUT2D eigenvalue weighted by Gasteiger charge is 2.28. The number of nitrogens with one attached hydrogen (secondary N) is 1. The molecule has 1 N–H and O–H groups in total. The van der Waals surface area contributed by atoms with Crippen LogP contribution < -0.4 is 5.32 Å². The lowest BCUT2D eigenvalue weighted by atomic mass is 10.3. The van der Waals surface area contributed by atoms with Gasteiger partial charge < -0.3 is 14.4 Å². The van der Waals surface area contributed by atoms with Gasteiger partial charge in [0.25, 0.3) is 0 Å². The highest BCUT2D eigenvalue weighted by Crippen LogP contribution is 2.38. The van der Waals surface area contributed by atoms with Gasteiger partial charge in [0.1, 0.15) is 0 Å². The Morgan fingerprint density at radius 2 is 2.21 bits per heavy atom. The number of hydrogen-bond acceptors (Lipinski definition) is 5. The second-order valence-electron chi connectivity index (χ2n) is 6.10. The van der Waals surface area contributed by atoms with Crippen molar-refractivity contribution < 1.29 is 9.32 Å². The van der Waals surface area contributed by atoms with Gasteiger partial charge in [-0.05, 0) is 25.0 Å². The van der Waals surface area contributed by atoms with Crippen LogP contribution in [0.5, 0.6) is 0 Å². The molecule has 1 aliphatic carbocycles. The Labute approximate surface area is 139 Å². The molecule has 0 unspecified atom stereocenters. The fourth-order valence-electron chi connectivity index (χ4n) is 2.68. The summed E-state index contributed by atoms with van der Waals surface area (Å²) in [6, 6.07) is 7.90. The maximum absolute atomic E-state index is 12.0. The number of carbonyl (C=O) groups excluding carboxylic acids is 1. The van der Waals surface area contributed by atoms with Crippen molar-refractivity contribution in [2.75, 3.05) is 6.54 Å². The van der Waals surface area contributed by atoms with Crippen LogP contribution in [0.3, 0.4) is 0 Å². The Bertz CT molecular complexity index is 849. The third-order valence-corrected chi connectivity index (χ3v) is 4.19. The summed E-state index contributed by atoms with van der Waals surface area (Å²) < 4.78 is 7.18. The number of aromatic nitrogens is 4. The topological polar surface area (TPSA) is 85.8 Å². The SMILES string of the molecule is O=C(CCn1cnc2ccccc21)NCCc1nc(C2CC2)no1. The second kappa shape index (κ2) is 6.43. The lowest BCUT2D eigenvalue weighted by Gasteiger charge is -2.05. The minimum atomic E-state index is 0.00899. The first-order valence-electron chi connectivity index (χ1n) is 8.28. The number of imidazole rings is 1. The van der Waals surface area contributed by atoms with Crippen LogP contribution in [0.2, 0.25) is 0 Å². The number of benzene rings is 1. The summed E-state index contributed by atoms with van der Waals surface area (Å²) in [5.74, 6) is 1.90. The fourth-order valence-corrected chi connectivity index (χ4v) is 2.68. The first-order chi connectivity index (χ1) is 11.8. The van der Waals surface area contributed by atoms with Gasteiger partial charge in [-0.25, -0.2) is 4.98 Å². The third-order valence-electron chi connectivity index (χ3n) is 4.19. The molecule has 1 saturated carbocycles. The van der Waals surface area contributed by atoms with Gasteiger partial charge in [0, 0.05) is 31.8 Å². The van der Waals surface area contributed by atoms with E-state index in [-0.39, 0.29) is 5.91 Å². The van der Waals surface area contributed by atoms with Crippen molar-refractivity contribution in [1.82, 2.24) is 25.0 Å². The van der Waals surface area contributed by atoms with Gasteiger partial charge in [0.05, 0.1) is 17.4 Å². The third kappa shape index (κ3) is 3.29. The molecule has 1 aliphatic rings. The summed E-state index contributed by atoms with van der Waals surface area (Å²) in [7, 11) is 0. The van der Waals surface area contributed by atoms with Gasteiger partial charge >= 0.3 is 0 Å². The summed E-state index contributed by atoms with van der Waals surface area (Å²) in [6.07, 6.45) is 5.06. The molecule has 2 aromatic heterocycles. The van der Waals surface area contributed by atoms with Gasteiger partial charge in [-0.15, -0.1) is 0 Å². The van der Waals surface area contributed by atoms with Crippen molar-refractivity contribution >= 4 is 16.9 Å². The van der Waals surface area contributed by atoms with Crippen molar-refractivity contribution in [1.29, 1.82) is 0 Å². The molecule has 0 bridgehead atoms. The van der Waals surface area contributed by atoms with Crippen LogP contribution >= 0.6 is 0 Å². The van der Waals surface area contributed by atoms with Crippen molar-refractivity contribution in [3.05, 3.63) is 42.3 Å². The zero-order chi connectivity index (χ0) is 16.4. The van der Waals surface area contributed by atoms with E-state index in [0.29, 0.717) is 37.7 Å².